The number of halogens is 1. The van der Waals surface area contributed by atoms with E-state index in [1.807, 2.05) is 4.90 Å². The monoisotopic (exact) mass is 454 g/mol. The van der Waals surface area contributed by atoms with Crippen LogP contribution in [0.25, 0.3) is 0 Å². The van der Waals surface area contributed by atoms with E-state index < -0.39 is 18.0 Å². The molecule has 172 valence electrons. The molecule has 0 saturated carbocycles. The highest BCUT2D eigenvalue weighted by Crippen LogP contribution is 2.30. The van der Waals surface area contributed by atoms with Crippen LogP contribution >= 0.6 is 0 Å². The molecule has 0 radical (unpaired) electrons. The average Bonchev–Trinajstić information content (AvgIpc) is 3.39. The number of nitrogens with two attached hydrogens (primary N) is 1. The summed E-state index contributed by atoms with van der Waals surface area (Å²) in [5.41, 5.74) is 6.67. The summed E-state index contributed by atoms with van der Waals surface area (Å²) in [5.74, 6) is -0.218. The van der Waals surface area contributed by atoms with Crippen molar-refractivity contribution in [3.63, 3.8) is 0 Å². The van der Waals surface area contributed by atoms with Gasteiger partial charge < -0.3 is 24.7 Å². The number of rotatable bonds is 5. The molecule has 2 aliphatic rings. The van der Waals surface area contributed by atoms with Gasteiger partial charge in [-0.3, -0.25) is 9.69 Å². The zero-order chi connectivity index (χ0) is 23.5. The Morgan fingerprint density at radius 3 is 2.73 bits per heavy atom. The molecular weight excluding hydrogens is 431 g/mol. The molecule has 2 aromatic rings. The van der Waals surface area contributed by atoms with Crippen molar-refractivity contribution in [3.8, 4) is 6.07 Å². The van der Waals surface area contributed by atoms with Crippen LogP contribution in [0.1, 0.15) is 12.7 Å². The molecule has 11 heteroatoms. The number of hydrogen-bond donors (Lipinski definition) is 1. The Kier molecular flexibility index (Phi) is 6.17. The quantitative estimate of drug-likeness (QED) is 0.541. The normalized spacial score (nSPS) is 18.9. The number of anilines is 2. The molecule has 0 unspecified atom stereocenters. The number of carbonyl (C=O) groups is 2. The predicted octanol–water partition coefficient (Wildman–Crippen LogP) is 2.17. The number of carbonyl (C=O) groups excluding carboxylic acids is 2. The van der Waals surface area contributed by atoms with Crippen LogP contribution in [-0.2, 0) is 16.0 Å². The Hall–Kier alpha value is -4.07. The Bertz CT molecular complexity index is 1130. The number of nitrogens with zero attached hydrogens (tertiary/aromatic N) is 5. The van der Waals surface area contributed by atoms with Gasteiger partial charge in [0.25, 0.3) is 0 Å². The number of amidine groups is 1. The predicted molar refractivity (Wildman–Crippen MR) is 118 cm³/mol. The summed E-state index contributed by atoms with van der Waals surface area (Å²) < 4.78 is 25.7. The zero-order valence-electron chi connectivity index (χ0n) is 18.0. The summed E-state index contributed by atoms with van der Waals surface area (Å²) in [7, 11) is 0. The summed E-state index contributed by atoms with van der Waals surface area (Å²) in [6, 6.07) is 7.93. The van der Waals surface area contributed by atoms with Crippen molar-refractivity contribution >= 4 is 34.9 Å². The molecule has 1 aromatic carbocycles. The van der Waals surface area contributed by atoms with Gasteiger partial charge in [0.15, 0.2) is 0 Å². The first-order valence-corrected chi connectivity index (χ1v) is 10.4. The van der Waals surface area contributed by atoms with Crippen LogP contribution in [-0.4, -0.2) is 61.6 Å². The maximum atomic E-state index is 14.9. The minimum absolute atomic E-state index is 0.00886. The SMILES string of the molecule is CC(=O)N1CCN(c2ccc(N3C[C@H](Cc4occc4N=C(N)C#N)OC3=O)cc2F)CC1. The molecule has 2 aliphatic heterocycles. The molecule has 2 fully saturated rings. The topological polar surface area (TPSA) is 128 Å². The van der Waals surface area contributed by atoms with Crippen molar-refractivity contribution in [2.75, 3.05) is 42.5 Å². The molecule has 0 aliphatic carbocycles. The molecule has 4 rings (SSSR count). The molecule has 2 amide bonds. The maximum absolute atomic E-state index is 14.9. The van der Waals surface area contributed by atoms with E-state index in [0.717, 1.165) is 0 Å². The third-order valence-electron chi connectivity index (χ3n) is 5.67. The summed E-state index contributed by atoms with van der Waals surface area (Å²) >= 11 is 0. The van der Waals surface area contributed by atoms with Gasteiger partial charge in [0.1, 0.15) is 29.4 Å². The number of amides is 2. The smallest absolute Gasteiger partial charge is 0.414 e. The second-order valence-corrected chi connectivity index (χ2v) is 7.79. The number of cyclic esters (lactones) is 1. The van der Waals surface area contributed by atoms with Crippen molar-refractivity contribution in [1.82, 2.24) is 4.90 Å². The van der Waals surface area contributed by atoms with Gasteiger partial charge in [-0.15, -0.1) is 0 Å². The largest absolute Gasteiger partial charge is 0.467 e. The number of aliphatic imine (C=N–C) groups is 1. The van der Waals surface area contributed by atoms with Gasteiger partial charge in [-0.1, -0.05) is 0 Å². The standard InChI is InChI=1S/C22H23FN6O4/c1-14(30)27-5-7-28(8-6-27)19-3-2-15(10-17(19)23)29-13-16(33-22(29)31)11-20-18(4-9-32-20)26-21(25)12-24/h2-4,9-10,16H,5-8,11,13H2,1H3,(H2,25,26)/t16-/m0/s1. The van der Waals surface area contributed by atoms with Crippen LogP contribution in [0.2, 0.25) is 0 Å². The van der Waals surface area contributed by atoms with Gasteiger partial charge in [0, 0.05) is 45.6 Å². The van der Waals surface area contributed by atoms with Crippen molar-refractivity contribution in [2.24, 2.45) is 10.7 Å². The number of benzene rings is 1. The highest BCUT2D eigenvalue weighted by Gasteiger charge is 2.34. The molecular formula is C22H23FN6O4. The lowest BCUT2D eigenvalue weighted by molar-refractivity contribution is -0.129. The van der Waals surface area contributed by atoms with Gasteiger partial charge >= 0.3 is 6.09 Å². The lowest BCUT2D eigenvalue weighted by atomic mass is 10.1. The van der Waals surface area contributed by atoms with Gasteiger partial charge in [-0.25, -0.2) is 14.2 Å². The van der Waals surface area contributed by atoms with Crippen molar-refractivity contribution in [2.45, 2.75) is 19.4 Å². The fourth-order valence-electron chi connectivity index (χ4n) is 3.97. The Morgan fingerprint density at radius 1 is 1.30 bits per heavy atom. The number of nitriles is 1. The van der Waals surface area contributed by atoms with Crippen molar-refractivity contribution in [3.05, 3.63) is 42.1 Å². The van der Waals surface area contributed by atoms with E-state index in [1.165, 1.54) is 24.2 Å². The average molecular weight is 454 g/mol. The highest BCUT2D eigenvalue weighted by atomic mass is 19.1. The van der Waals surface area contributed by atoms with E-state index in [1.54, 1.807) is 29.2 Å². The third kappa shape index (κ3) is 4.74. The third-order valence-corrected chi connectivity index (χ3v) is 5.67. The molecule has 33 heavy (non-hydrogen) atoms. The lowest BCUT2D eigenvalue weighted by Crippen LogP contribution is -2.48. The lowest BCUT2D eigenvalue weighted by Gasteiger charge is -2.35. The van der Waals surface area contributed by atoms with E-state index >= 15 is 0 Å². The Morgan fingerprint density at radius 2 is 2.06 bits per heavy atom. The number of ether oxygens (including phenoxy) is 1. The van der Waals surface area contributed by atoms with E-state index in [4.69, 9.17) is 20.1 Å². The second kappa shape index (κ2) is 9.20. The molecule has 1 atom stereocenters. The summed E-state index contributed by atoms with van der Waals surface area (Å²) in [6.45, 7) is 3.87. The maximum Gasteiger partial charge on any atom is 0.414 e. The van der Waals surface area contributed by atoms with E-state index in [9.17, 15) is 14.0 Å². The summed E-state index contributed by atoms with van der Waals surface area (Å²) in [4.78, 5) is 32.9. The van der Waals surface area contributed by atoms with Crippen LogP contribution in [0.4, 0.5) is 26.2 Å². The van der Waals surface area contributed by atoms with Crippen LogP contribution in [0.5, 0.6) is 0 Å². The van der Waals surface area contributed by atoms with E-state index in [2.05, 4.69) is 4.99 Å². The second-order valence-electron chi connectivity index (χ2n) is 7.79. The fraction of sp³-hybridized carbons (Fsp3) is 0.364. The molecule has 2 N–H and O–H groups in total. The van der Waals surface area contributed by atoms with Gasteiger partial charge in [0.05, 0.1) is 24.2 Å². The van der Waals surface area contributed by atoms with Gasteiger partial charge in [0.2, 0.25) is 11.7 Å². The van der Waals surface area contributed by atoms with Crippen LogP contribution < -0.4 is 15.5 Å². The molecule has 10 nitrogen and oxygen atoms in total. The first kappa shape index (κ1) is 22.1. The molecule has 2 saturated heterocycles. The Balaban J connectivity index is 1.43. The van der Waals surface area contributed by atoms with Crippen LogP contribution in [0, 0.1) is 17.1 Å². The first-order valence-electron chi connectivity index (χ1n) is 10.4. The fourth-order valence-corrected chi connectivity index (χ4v) is 3.97. The molecule has 0 spiro atoms. The minimum atomic E-state index is -0.588. The summed E-state index contributed by atoms with van der Waals surface area (Å²) in [6.07, 6.45) is 0.518. The zero-order valence-corrected chi connectivity index (χ0v) is 18.0. The Labute approximate surface area is 189 Å². The molecule has 0 bridgehead atoms. The van der Waals surface area contributed by atoms with Crippen molar-refractivity contribution in [1.29, 1.82) is 5.26 Å². The van der Waals surface area contributed by atoms with Gasteiger partial charge in [-0.05, 0) is 18.2 Å². The van der Waals surface area contributed by atoms with E-state index in [0.29, 0.717) is 49.0 Å². The summed E-state index contributed by atoms with van der Waals surface area (Å²) in [5, 5.41) is 8.80. The van der Waals surface area contributed by atoms with Gasteiger partial charge in [-0.2, -0.15) is 5.26 Å². The first-order chi connectivity index (χ1) is 15.9. The molecule has 1 aromatic heterocycles. The molecule has 3 heterocycles. The van der Waals surface area contributed by atoms with E-state index in [-0.39, 0.29) is 24.7 Å². The number of piperazine rings is 1. The van der Waals surface area contributed by atoms with Crippen LogP contribution in [0.15, 0.2) is 39.9 Å². The number of hydrogen-bond acceptors (Lipinski definition) is 7. The number of furan rings is 1. The van der Waals surface area contributed by atoms with Crippen molar-refractivity contribution < 1.29 is 23.1 Å². The van der Waals surface area contributed by atoms with Crippen LogP contribution in [0.3, 0.4) is 0 Å². The minimum Gasteiger partial charge on any atom is -0.467 e. The highest BCUT2D eigenvalue weighted by molar-refractivity contribution is 5.96.